The summed E-state index contributed by atoms with van der Waals surface area (Å²) < 4.78 is 24.2. The van der Waals surface area contributed by atoms with Gasteiger partial charge in [-0.15, -0.1) is 0 Å². The fraction of sp³-hybridized carbons (Fsp3) is 0.379. The van der Waals surface area contributed by atoms with Crippen molar-refractivity contribution < 1.29 is 23.7 Å². The van der Waals surface area contributed by atoms with Gasteiger partial charge in [0.25, 0.3) is 0 Å². The van der Waals surface area contributed by atoms with Crippen molar-refractivity contribution in [2.75, 3.05) is 32.3 Å². The average Bonchev–Trinajstić information content (AvgIpc) is 3.56. The van der Waals surface area contributed by atoms with Crippen LogP contribution in [0.25, 0.3) is 28.2 Å². The van der Waals surface area contributed by atoms with Gasteiger partial charge in [-0.3, -0.25) is 4.57 Å². The minimum absolute atomic E-state index is 0.00975. The number of anilines is 1. The molecule has 1 amide bonds. The zero-order chi connectivity index (χ0) is 27.9. The maximum atomic E-state index is 12.6. The quantitative estimate of drug-likeness (QED) is 0.370. The number of imidazole rings is 1. The Morgan fingerprint density at radius 1 is 1.07 bits per heavy atom. The molecule has 1 N–H and O–H groups in total. The van der Waals surface area contributed by atoms with Gasteiger partial charge in [0.05, 0.1) is 18.1 Å². The van der Waals surface area contributed by atoms with E-state index in [4.69, 9.17) is 28.9 Å². The number of carbonyl (C=O) groups is 1. The number of aromatic nitrogens is 4. The Morgan fingerprint density at radius 3 is 2.75 bits per heavy atom. The van der Waals surface area contributed by atoms with Crippen LogP contribution >= 0.6 is 0 Å². The summed E-state index contributed by atoms with van der Waals surface area (Å²) in [5.74, 6) is 3.89. The van der Waals surface area contributed by atoms with Crippen LogP contribution in [0.3, 0.4) is 0 Å². The van der Waals surface area contributed by atoms with E-state index in [1.54, 1.807) is 18.2 Å². The molecule has 0 saturated carbocycles. The lowest BCUT2D eigenvalue weighted by Gasteiger charge is -2.34. The summed E-state index contributed by atoms with van der Waals surface area (Å²) in [6.45, 7) is 6.98. The molecule has 1 fully saturated rings. The van der Waals surface area contributed by atoms with Crippen LogP contribution in [-0.2, 0) is 4.74 Å². The lowest BCUT2D eigenvalue weighted by molar-refractivity contribution is 0.0206. The molecular weight excluding hydrogens is 512 g/mol. The van der Waals surface area contributed by atoms with E-state index in [0.717, 1.165) is 29.4 Å². The molecule has 1 saturated heterocycles. The standard InChI is InChI=1S/C29H32N6O5/c1-29(2,3)40-28(36)34-13-5-6-19(16-34)31-27-30-12-11-25(33-27)35-22-15-20(37-4)8-9-21(22)32-26(35)18-7-10-23-24(14-18)39-17-38-23/h7-12,14-15,19H,5-6,13,16-17H2,1-4H3,(H,30,31,33)/t19-/m0/s1. The van der Waals surface area contributed by atoms with Gasteiger partial charge in [0.2, 0.25) is 12.7 Å². The maximum Gasteiger partial charge on any atom is 0.410 e. The molecule has 4 heterocycles. The van der Waals surface area contributed by atoms with E-state index >= 15 is 0 Å². The minimum Gasteiger partial charge on any atom is -0.497 e. The number of nitrogens with zero attached hydrogens (tertiary/aromatic N) is 5. The molecule has 4 aromatic rings. The summed E-state index contributed by atoms with van der Waals surface area (Å²) in [6, 6.07) is 13.3. The van der Waals surface area contributed by atoms with Crippen LogP contribution in [0.2, 0.25) is 0 Å². The number of hydrogen-bond acceptors (Lipinski definition) is 9. The molecule has 40 heavy (non-hydrogen) atoms. The number of ether oxygens (including phenoxy) is 4. The van der Waals surface area contributed by atoms with Gasteiger partial charge in [-0.1, -0.05) is 0 Å². The number of amides is 1. The molecule has 6 rings (SSSR count). The number of fused-ring (bicyclic) bond motifs is 2. The van der Waals surface area contributed by atoms with E-state index < -0.39 is 5.60 Å². The molecule has 208 valence electrons. The first kappa shape index (κ1) is 25.7. The Bertz CT molecular complexity index is 1560. The van der Waals surface area contributed by atoms with Crippen molar-refractivity contribution in [2.45, 2.75) is 45.3 Å². The molecule has 0 aliphatic carbocycles. The largest absolute Gasteiger partial charge is 0.497 e. The number of hydrogen-bond donors (Lipinski definition) is 1. The van der Waals surface area contributed by atoms with E-state index in [1.807, 2.05) is 67.8 Å². The Hall–Kier alpha value is -4.54. The third-order valence-corrected chi connectivity index (χ3v) is 6.77. The highest BCUT2D eigenvalue weighted by atomic mass is 16.7. The van der Waals surface area contributed by atoms with Gasteiger partial charge in [-0.05, 0) is 70.0 Å². The molecule has 0 radical (unpaired) electrons. The van der Waals surface area contributed by atoms with Gasteiger partial charge in [-0.25, -0.2) is 14.8 Å². The second-order valence-electron chi connectivity index (χ2n) is 10.8. The topological polar surface area (TPSA) is 113 Å². The van der Waals surface area contributed by atoms with Gasteiger partial charge < -0.3 is 29.2 Å². The summed E-state index contributed by atoms with van der Waals surface area (Å²) >= 11 is 0. The van der Waals surface area contributed by atoms with Crippen LogP contribution in [0, 0.1) is 0 Å². The number of likely N-dealkylation sites (tertiary alicyclic amines) is 1. The lowest BCUT2D eigenvalue weighted by Crippen LogP contribution is -2.47. The average molecular weight is 545 g/mol. The smallest absolute Gasteiger partial charge is 0.410 e. The number of methoxy groups -OCH3 is 1. The molecule has 0 spiro atoms. The molecule has 11 heteroatoms. The summed E-state index contributed by atoms with van der Waals surface area (Å²) in [7, 11) is 1.64. The first-order chi connectivity index (χ1) is 19.3. The molecule has 0 bridgehead atoms. The third kappa shape index (κ3) is 5.18. The first-order valence-corrected chi connectivity index (χ1v) is 13.3. The van der Waals surface area contributed by atoms with Gasteiger partial charge in [0, 0.05) is 37.0 Å². The summed E-state index contributed by atoms with van der Waals surface area (Å²) in [5.41, 5.74) is 1.95. The van der Waals surface area contributed by atoms with Gasteiger partial charge >= 0.3 is 6.09 Å². The van der Waals surface area contributed by atoms with Crippen molar-refractivity contribution in [3.05, 3.63) is 48.7 Å². The number of carbonyl (C=O) groups excluding carboxylic acids is 1. The van der Waals surface area contributed by atoms with Crippen molar-refractivity contribution >= 4 is 23.1 Å². The molecule has 2 aliphatic rings. The van der Waals surface area contributed by atoms with E-state index in [1.165, 1.54) is 0 Å². The second kappa shape index (κ2) is 10.2. The number of rotatable bonds is 5. The van der Waals surface area contributed by atoms with Crippen molar-refractivity contribution in [3.8, 4) is 34.5 Å². The van der Waals surface area contributed by atoms with Crippen molar-refractivity contribution in [1.29, 1.82) is 0 Å². The third-order valence-electron chi connectivity index (χ3n) is 6.77. The summed E-state index contributed by atoms with van der Waals surface area (Å²) in [5, 5.41) is 3.43. The zero-order valence-corrected chi connectivity index (χ0v) is 23.0. The summed E-state index contributed by atoms with van der Waals surface area (Å²) in [4.78, 5) is 28.7. The number of piperidine rings is 1. The maximum absolute atomic E-state index is 12.6. The van der Waals surface area contributed by atoms with Gasteiger partial charge in [-0.2, -0.15) is 4.98 Å². The molecule has 2 aromatic heterocycles. The second-order valence-corrected chi connectivity index (χ2v) is 10.8. The highest BCUT2D eigenvalue weighted by Crippen LogP contribution is 2.37. The Balaban J connectivity index is 1.33. The number of nitrogens with one attached hydrogen (secondary N) is 1. The van der Waals surface area contributed by atoms with Crippen molar-refractivity contribution in [3.63, 3.8) is 0 Å². The SMILES string of the molecule is COc1ccc2nc(-c3ccc4c(c3)OCO4)n(-c3ccnc(N[C@H]4CCCN(C(=O)OC(C)(C)C)C4)n3)c2c1. The lowest BCUT2D eigenvalue weighted by atomic mass is 10.1. The minimum atomic E-state index is -0.541. The predicted molar refractivity (Wildman–Crippen MR) is 149 cm³/mol. The molecule has 1 atom stereocenters. The molecular formula is C29H32N6O5. The van der Waals surface area contributed by atoms with E-state index in [0.29, 0.717) is 47.9 Å². The molecule has 11 nitrogen and oxygen atoms in total. The fourth-order valence-electron chi connectivity index (χ4n) is 4.96. The van der Waals surface area contributed by atoms with Gasteiger partial charge in [0.15, 0.2) is 11.5 Å². The fourth-order valence-corrected chi connectivity index (χ4v) is 4.96. The van der Waals surface area contributed by atoms with E-state index in [-0.39, 0.29) is 18.9 Å². The van der Waals surface area contributed by atoms with E-state index in [2.05, 4.69) is 10.3 Å². The normalized spacial score (nSPS) is 16.7. The Kier molecular flexibility index (Phi) is 6.57. The van der Waals surface area contributed by atoms with Crippen LogP contribution in [0.1, 0.15) is 33.6 Å². The Morgan fingerprint density at radius 2 is 1.93 bits per heavy atom. The number of benzene rings is 2. The van der Waals surface area contributed by atoms with Crippen LogP contribution in [0.4, 0.5) is 10.7 Å². The van der Waals surface area contributed by atoms with Crippen molar-refractivity contribution in [2.24, 2.45) is 0 Å². The molecule has 2 aliphatic heterocycles. The highest BCUT2D eigenvalue weighted by Gasteiger charge is 2.28. The molecule has 2 aromatic carbocycles. The van der Waals surface area contributed by atoms with Gasteiger partial charge in [0.1, 0.15) is 23.0 Å². The zero-order valence-electron chi connectivity index (χ0n) is 23.0. The van der Waals surface area contributed by atoms with Crippen LogP contribution in [0.5, 0.6) is 17.2 Å². The van der Waals surface area contributed by atoms with Crippen LogP contribution < -0.4 is 19.5 Å². The van der Waals surface area contributed by atoms with Crippen LogP contribution in [-0.4, -0.2) is 69.1 Å². The van der Waals surface area contributed by atoms with E-state index in [9.17, 15) is 4.79 Å². The van der Waals surface area contributed by atoms with Crippen LogP contribution in [0.15, 0.2) is 48.7 Å². The summed E-state index contributed by atoms with van der Waals surface area (Å²) in [6.07, 6.45) is 3.16. The Labute approximate surface area is 232 Å². The predicted octanol–water partition coefficient (Wildman–Crippen LogP) is 5.03. The molecule has 0 unspecified atom stereocenters. The highest BCUT2D eigenvalue weighted by molar-refractivity contribution is 5.84. The first-order valence-electron chi connectivity index (χ1n) is 13.3. The monoisotopic (exact) mass is 544 g/mol. The van der Waals surface area contributed by atoms with Crippen molar-refractivity contribution in [1.82, 2.24) is 24.4 Å².